The molecule has 2 fully saturated rings. The molecule has 5 atom stereocenters. The topological polar surface area (TPSA) is 59.0 Å². The Morgan fingerprint density at radius 3 is 2.83 bits per heavy atom. The number of esters is 1. The Bertz CT molecular complexity index is 967. The predicted octanol–water partition coefficient (Wildman–Crippen LogP) is 2.33. The fourth-order valence-corrected chi connectivity index (χ4v) is 5.57. The van der Waals surface area contributed by atoms with E-state index >= 15 is 0 Å². The summed E-state index contributed by atoms with van der Waals surface area (Å²) in [6.45, 7) is 2.14. The Morgan fingerprint density at radius 1 is 1.31 bits per heavy atom. The molecule has 1 aromatic carbocycles. The standard InChI is InChI=1S/C24H25NO4/c1-15(28-2)21-9-10-22-24-13-19(25(21)22)11-18(20(24)12-23(27)29-24)8-7-16-3-5-17(14-26)6-4-16/h3-6,11-12,15,19,21-22,26H,9-10,13-14H2,1-2H3/t15?,19-,21-,22-,24+/m1/s1. The van der Waals surface area contributed by atoms with Crippen LogP contribution in [-0.4, -0.2) is 52.9 Å². The van der Waals surface area contributed by atoms with Gasteiger partial charge >= 0.3 is 5.97 Å². The van der Waals surface area contributed by atoms with Crippen LogP contribution in [-0.2, 0) is 20.9 Å². The molecule has 1 aromatic rings. The van der Waals surface area contributed by atoms with E-state index in [1.807, 2.05) is 24.3 Å². The van der Waals surface area contributed by atoms with Crippen molar-refractivity contribution in [2.45, 2.75) is 62.6 Å². The molecule has 150 valence electrons. The number of hydrogen-bond acceptors (Lipinski definition) is 5. The van der Waals surface area contributed by atoms with Gasteiger partial charge in [0.25, 0.3) is 0 Å². The van der Waals surface area contributed by atoms with E-state index in [9.17, 15) is 9.90 Å². The lowest BCUT2D eigenvalue weighted by molar-refractivity contribution is -0.147. The number of carbonyl (C=O) groups excluding carboxylic acids is 1. The number of rotatable bonds is 3. The predicted molar refractivity (Wildman–Crippen MR) is 108 cm³/mol. The number of nitrogens with zero attached hydrogens (tertiary/aromatic N) is 1. The van der Waals surface area contributed by atoms with Gasteiger partial charge in [-0.3, -0.25) is 4.90 Å². The Hall–Kier alpha value is -2.39. The van der Waals surface area contributed by atoms with Crippen LogP contribution in [0.4, 0.5) is 0 Å². The van der Waals surface area contributed by atoms with Crippen molar-refractivity contribution in [3.8, 4) is 11.8 Å². The zero-order valence-electron chi connectivity index (χ0n) is 16.7. The van der Waals surface area contributed by atoms with Crippen molar-refractivity contribution in [3.05, 3.63) is 58.7 Å². The SMILES string of the molecule is COC(C)[C@H]1CC[C@H]2N1[C@@H]1C=C(C#Cc3ccc(CO)cc3)C3=CC(=O)O[C@@]32C1. The monoisotopic (exact) mass is 391 g/mol. The quantitative estimate of drug-likeness (QED) is 0.633. The molecule has 29 heavy (non-hydrogen) atoms. The molecule has 2 bridgehead atoms. The summed E-state index contributed by atoms with van der Waals surface area (Å²) in [6, 6.07) is 8.28. The number of benzene rings is 1. The molecule has 5 rings (SSSR count). The third-order valence-corrected chi connectivity index (χ3v) is 6.95. The second-order valence-corrected chi connectivity index (χ2v) is 8.37. The molecule has 1 aliphatic carbocycles. The average Bonchev–Trinajstić information content (AvgIpc) is 3.39. The van der Waals surface area contributed by atoms with Crippen molar-refractivity contribution >= 4 is 5.97 Å². The summed E-state index contributed by atoms with van der Waals surface area (Å²) in [5.74, 6) is 6.26. The zero-order valence-corrected chi connectivity index (χ0v) is 16.7. The van der Waals surface area contributed by atoms with Gasteiger partial charge in [0.1, 0.15) is 0 Å². The summed E-state index contributed by atoms with van der Waals surface area (Å²) in [7, 11) is 1.76. The fourth-order valence-electron chi connectivity index (χ4n) is 5.57. The summed E-state index contributed by atoms with van der Waals surface area (Å²) in [5.41, 5.74) is 3.02. The van der Waals surface area contributed by atoms with Crippen LogP contribution in [0.15, 0.2) is 47.6 Å². The Labute approximate surface area is 171 Å². The van der Waals surface area contributed by atoms with E-state index in [0.717, 1.165) is 41.5 Å². The molecule has 5 heteroatoms. The van der Waals surface area contributed by atoms with Gasteiger partial charge in [-0.1, -0.05) is 30.0 Å². The maximum absolute atomic E-state index is 12.3. The number of aliphatic hydroxyl groups is 1. The third-order valence-electron chi connectivity index (χ3n) is 6.95. The molecule has 0 aromatic heterocycles. The molecule has 4 aliphatic rings. The Balaban J connectivity index is 1.52. The number of hydrogen-bond donors (Lipinski definition) is 1. The molecule has 3 aliphatic heterocycles. The number of fused-ring (bicyclic) bond motifs is 3. The molecule has 3 heterocycles. The second kappa shape index (κ2) is 6.84. The van der Waals surface area contributed by atoms with Gasteiger partial charge in [-0.15, -0.1) is 0 Å². The molecule has 1 N–H and O–H groups in total. The minimum absolute atomic E-state index is 0.0215. The zero-order chi connectivity index (χ0) is 20.2. The lowest BCUT2D eigenvalue weighted by atomic mass is 9.77. The van der Waals surface area contributed by atoms with E-state index in [2.05, 4.69) is 29.7 Å². The normalized spacial score (nSPS) is 33.2. The van der Waals surface area contributed by atoms with Crippen molar-refractivity contribution < 1.29 is 19.4 Å². The number of ether oxygens (including phenoxy) is 2. The van der Waals surface area contributed by atoms with E-state index in [0.29, 0.717) is 6.04 Å². The van der Waals surface area contributed by atoms with Gasteiger partial charge in [0, 0.05) is 48.4 Å². The minimum atomic E-state index is -0.566. The first kappa shape index (κ1) is 18.6. The van der Waals surface area contributed by atoms with Gasteiger partial charge in [0.15, 0.2) is 5.60 Å². The summed E-state index contributed by atoms with van der Waals surface area (Å²) < 4.78 is 11.6. The summed E-state index contributed by atoms with van der Waals surface area (Å²) in [5, 5.41) is 9.20. The first-order valence-electron chi connectivity index (χ1n) is 10.2. The molecule has 1 unspecified atom stereocenters. The van der Waals surface area contributed by atoms with Crippen LogP contribution >= 0.6 is 0 Å². The lowest BCUT2D eigenvalue weighted by Crippen LogP contribution is -2.47. The summed E-state index contributed by atoms with van der Waals surface area (Å²) in [4.78, 5) is 14.8. The first-order valence-corrected chi connectivity index (χ1v) is 10.2. The van der Waals surface area contributed by atoms with Crippen molar-refractivity contribution in [3.63, 3.8) is 0 Å². The van der Waals surface area contributed by atoms with E-state index in [1.165, 1.54) is 0 Å². The van der Waals surface area contributed by atoms with Crippen LogP contribution < -0.4 is 0 Å². The fraction of sp³-hybridized carbons (Fsp3) is 0.458. The molecule has 1 spiro atoms. The second-order valence-electron chi connectivity index (χ2n) is 8.37. The molecule has 0 amide bonds. The third kappa shape index (κ3) is 2.78. The van der Waals surface area contributed by atoms with Crippen molar-refractivity contribution in [2.24, 2.45) is 0 Å². The van der Waals surface area contributed by atoms with Crippen LogP contribution in [0, 0.1) is 11.8 Å². The van der Waals surface area contributed by atoms with Crippen molar-refractivity contribution in [2.75, 3.05) is 7.11 Å². The molecule has 0 radical (unpaired) electrons. The van der Waals surface area contributed by atoms with Gasteiger partial charge in [0.2, 0.25) is 0 Å². The molecular formula is C24H25NO4. The van der Waals surface area contributed by atoms with Gasteiger partial charge in [0.05, 0.1) is 18.8 Å². The number of aliphatic hydroxyl groups excluding tert-OH is 1. The first-order chi connectivity index (χ1) is 14.1. The maximum atomic E-state index is 12.3. The van der Waals surface area contributed by atoms with E-state index < -0.39 is 5.60 Å². The molecular weight excluding hydrogens is 366 g/mol. The van der Waals surface area contributed by atoms with Gasteiger partial charge in [-0.2, -0.15) is 0 Å². The van der Waals surface area contributed by atoms with E-state index in [4.69, 9.17) is 9.47 Å². The van der Waals surface area contributed by atoms with Crippen LogP contribution in [0.25, 0.3) is 0 Å². The number of carbonyl (C=O) groups is 1. The van der Waals surface area contributed by atoms with Gasteiger partial charge in [-0.25, -0.2) is 4.79 Å². The summed E-state index contributed by atoms with van der Waals surface area (Å²) >= 11 is 0. The van der Waals surface area contributed by atoms with Crippen molar-refractivity contribution in [1.82, 2.24) is 4.90 Å². The maximum Gasteiger partial charge on any atom is 0.332 e. The van der Waals surface area contributed by atoms with Gasteiger partial charge in [-0.05, 0) is 37.5 Å². The average molecular weight is 391 g/mol. The highest BCUT2D eigenvalue weighted by atomic mass is 16.6. The van der Waals surface area contributed by atoms with Crippen LogP contribution in [0.3, 0.4) is 0 Å². The smallest absolute Gasteiger partial charge is 0.332 e. The highest BCUT2D eigenvalue weighted by Crippen LogP contribution is 2.55. The minimum Gasteiger partial charge on any atom is -0.449 e. The molecule has 5 nitrogen and oxygen atoms in total. The van der Waals surface area contributed by atoms with Crippen LogP contribution in [0.1, 0.15) is 37.3 Å². The molecule has 0 saturated carbocycles. The Kier molecular flexibility index (Phi) is 4.40. The highest BCUT2D eigenvalue weighted by Gasteiger charge is 2.64. The lowest BCUT2D eigenvalue weighted by Gasteiger charge is -2.33. The summed E-state index contributed by atoms with van der Waals surface area (Å²) in [6.07, 6.45) is 6.84. The largest absolute Gasteiger partial charge is 0.449 e. The van der Waals surface area contributed by atoms with E-state index in [1.54, 1.807) is 13.2 Å². The Morgan fingerprint density at radius 2 is 2.10 bits per heavy atom. The van der Waals surface area contributed by atoms with Crippen LogP contribution in [0.2, 0.25) is 0 Å². The highest BCUT2D eigenvalue weighted by molar-refractivity contribution is 5.90. The van der Waals surface area contributed by atoms with E-state index in [-0.39, 0.29) is 30.8 Å². The van der Waals surface area contributed by atoms with Crippen molar-refractivity contribution in [1.29, 1.82) is 0 Å². The number of methoxy groups -OCH3 is 1. The van der Waals surface area contributed by atoms with Gasteiger partial charge < -0.3 is 14.6 Å². The van der Waals surface area contributed by atoms with Crippen LogP contribution in [0.5, 0.6) is 0 Å². The molecule has 2 saturated heterocycles.